The number of nitrogens with two attached hydrogens (primary N) is 1. The molecule has 0 aromatic heterocycles. The van der Waals surface area contributed by atoms with Gasteiger partial charge < -0.3 is 11.1 Å². The summed E-state index contributed by atoms with van der Waals surface area (Å²) in [5, 5.41) is 4.06. The summed E-state index contributed by atoms with van der Waals surface area (Å²) in [5.41, 5.74) is 7.90. The molecule has 0 heterocycles. The molecule has 1 aromatic rings. The lowest BCUT2D eigenvalue weighted by molar-refractivity contribution is 0.577. The van der Waals surface area contributed by atoms with Crippen LogP contribution in [0, 0.1) is 6.92 Å². The van der Waals surface area contributed by atoms with Crippen molar-refractivity contribution < 1.29 is 0 Å². The van der Waals surface area contributed by atoms with Crippen molar-refractivity contribution in [3.63, 3.8) is 0 Å². The number of benzene rings is 1. The zero-order valence-corrected chi connectivity index (χ0v) is 9.72. The van der Waals surface area contributed by atoms with Gasteiger partial charge in [0.1, 0.15) is 0 Å². The predicted octanol–water partition coefficient (Wildman–Crippen LogP) is 2.42. The van der Waals surface area contributed by atoms with E-state index in [0.717, 1.165) is 22.7 Å². The van der Waals surface area contributed by atoms with E-state index in [9.17, 15) is 0 Å². The molecule has 0 radical (unpaired) electrons. The van der Waals surface area contributed by atoms with Crippen LogP contribution in [0.3, 0.4) is 0 Å². The Bertz CT molecular complexity index is 336. The van der Waals surface area contributed by atoms with E-state index in [-0.39, 0.29) is 6.04 Å². The topological polar surface area (TPSA) is 38.0 Å². The van der Waals surface area contributed by atoms with Crippen molar-refractivity contribution in [3.05, 3.63) is 47.0 Å². The van der Waals surface area contributed by atoms with Crippen molar-refractivity contribution in [1.29, 1.82) is 0 Å². The lowest BCUT2D eigenvalue weighted by Crippen LogP contribution is -2.28. The fourth-order valence-corrected chi connectivity index (χ4v) is 1.58. The van der Waals surface area contributed by atoms with Crippen LogP contribution in [0.15, 0.2) is 30.9 Å². The highest BCUT2D eigenvalue weighted by atomic mass is 35.5. The number of hydrogen-bond acceptors (Lipinski definition) is 2. The van der Waals surface area contributed by atoms with Crippen molar-refractivity contribution >= 4 is 11.6 Å². The number of halogens is 1. The molecule has 2 nitrogen and oxygen atoms in total. The molecule has 1 unspecified atom stereocenters. The van der Waals surface area contributed by atoms with E-state index in [0.29, 0.717) is 6.54 Å². The Morgan fingerprint density at radius 2 is 2.33 bits per heavy atom. The van der Waals surface area contributed by atoms with Crippen LogP contribution < -0.4 is 11.1 Å². The van der Waals surface area contributed by atoms with Crippen LogP contribution in [0.5, 0.6) is 0 Å². The van der Waals surface area contributed by atoms with E-state index in [1.54, 1.807) is 0 Å². The summed E-state index contributed by atoms with van der Waals surface area (Å²) in [6.07, 6.45) is 1.82. The van der Waals surface area contributed by atoms with E-state index in [2.05, 4.69) is 18.0 Å². The first-order valence-electron chi connectivity index (χ1n) is 4.99. The molecule has 1 rings (SSSR count). The van der Waals surface area contributed by atoms with E-state index in [4.69, 9.17) is 17.3 Å². The summed E-state index contributed by atoms with van der Waals surface area (Å²) in [5.74, 6) is 0. The zero-order valence-electron chi connectivity index (χ0n) is 8.96. The summed E-state index contributed by atoms with van der Waals surface area (Å²) >= 11 is 6.06. The number of rotatable bonds is 5. The van der Waals surface area contributed by atoms with E-state index in [1.807, 2.05) is 25.1 Å². The Kier molecular flexibility index (Phi) is 4.82. The van der Waals surface area contributed by atoms with Crippen LogP contribution in [-0.2, 0) is 0 Å². The fraction of sp³-hybridized carbons (Fsp3) is 0.333. The Morgan fingerprint density at radius 1 is 1.60 bits per heavy atom. The second-order valence-corrected chi connectivity index (χ2v) is 3.90. The first kappa shape index (κ1) is 12.2. The fourth-order valence-electron chi connectivity index (χ4n) is 1.39. The second kappa shape index (κ2) is 5.91. The highest BCUT2D eigenvalue weighted by Crippen LogP contribution is 2.20. The Labute approximate surface area is 96.1 Å². The molecule has 0 aliphatic rings. The van der Waals surface area contributed by atoms with Gasteiger partial charge in [-0.15, -0.1) is 6.58 Å². The van der Waals surface area contributed by atoms with Crippen molar-refractivity contribution in [2.45, 2.75) is 13.0 Å². The molecule has 1 atom stereocenters. The van der Waals surface area contributed by atoms with Gasteiger partial charge in [0.05, 0.1) is 0 Å². The van der Waals surface area contributed by atoms with Gasteiger partial charge >= 0.3 is 0 Å². The van der Waals surface area contributed by atoms with Gasteiger partial charge in [0.15, 0.2) is 0 Å². The maximum absolute atomic E-state index is 6.06. The minimum atomic E-state index is 0.140. The van der Waals surface area contributed by atoms with Gasteiger partial charge in [-0.3, -0.25) is 0 Å². The third kappa shape index (κ3) is 3.34. The Balaban J connectivity index is 2.82. The largest absolute Gasteiger partial charge is 0.329 e. The van der Waals surface area contributed by atoms with Gasteiger partial charge in [0, 0.05) is 24.2 Å². The van der Waals surface area contributed by atoms with Gasteiger partial charge in [-0.05, 0) is 24.1 Å². The summed E-state index contributed by atoms with van der Waals surface area (Å²) < 4.78 is 0. The molecule has 0 saturated heterocycles. The zero-order chi connectivity index (χ0) is 11.3. The third-order valence-electron chi connectivity index (χ3n) is 2.34. The SMILES string of the molecule is C=CCNC(CN)c1ccc(C)c(Cl)c1. The lowest BCUT2D eigenvalue weighted by Gasteiger charge is -2.16. The normalized spacial score (nSPS) is 12.5. The van der Waals surface area contributed by atoms with Crippen LogP contribution >= 0.6 is 11.6 Å². The van der Waals surface area contributed by atoms with Gasteiger partial charge in [0.2, 0.25) is 0 Å². The van der Waals surface area contributed by atoms with Gasteiger partial charge in [-0.2, -0.15) is 0 Å². The monoisotopic (exact) mass is 224 g/mol. The molecular weight excluding hydrogens is 208 g/mol. The number of aryl methyl sites for hydroxylation is 1. The quantitative estimate of drug-likeness (QED) is 0.754. The minimum Gasteiger partial charge on any atom is -0.329 e. The highest BCUT2D eigenvalue weighted by Gasteiger charge is 2.08. The lowest BCUT2D eigenvalue weighted by atomic mass is 10.1. The molecule has 0 fully saturated rings. The van der Waals surface area contributed by atoms with Crippen molar-refractivity contribution in [3.8, 4) is 0 Å². The van der Waals surface area contributed by atoms with Gasteiger partial charge in [-0.1, -0.05) is 29.8 Å². The van der Waals surface area contributed by atoms with Gasteiger partial charge in [0.25, 0.3) is 0 Å². The van der Waals surface area contributed by atoms with Crippen molar-refractivity contribution in [1.82, 2.24) is 5.32 Å². The smallest absolute Gasteiger partial charge is 0.0447 e. The minimum absolute atomic E-state index is 0.140. The highest BCUT2D eigenvalue weighted by molar-refractivity contribution is 6.31. The Morgan fingerprint density at radius 3 is 2.87 bits per heavy atom. The molecule has 82 valence electrons. The van der Waals surface area contributed by atoms with Crippen LogP contribution in [-0.4, -0.2) is 13.1 Å². The average molecular weight is 225 g/mol. The molecule has 1 aromatic carbocycles. The first-order valence-corrected chi connectivity index (χ1v) is 5.37. The molecule has 0 spiro atoms. The van der Waals surface area contributed by atoms with E-state index < -0.39 is 0 Å². The molecule has 0 saturated carbocycles. The average Bonchev–Trinajstić information content (AvgIpc) is 2.24. The molecule has 3 heteroatoms. The Hall–Kier alpha value is -0.830. The summed E-state index contributed by atoms with van der Waals surface area (Å²) in [4.78, 5) is 0. The van der Waals surface area contributed by atoms with Gasteiger partial charge in [-0.25, -0.2) is 0 Å². The number of nitrogens with one attached hydrogen (secondary N) is 1. The molecule has 3 N–H and O–H groups in total. The third-order valence-corrected chi connectivity index (χ3v) is 2.75. The van der Waals surface area contributed by atoms with Crippen LogP contribution in [0.4, 0.5) is 0 Å². The molecule has 15 heavy (non-hydrogen) atoms. The molecular formula is C12H17ClN2. The van der Waals surface area contributed by atoms with Crippen molar-refractivity contribution in [2.75, 3.05) is 13.1 Å². The van der Waals surface area contributed by atoms with Crippen LogP contribution in [0.1, 0.15) is 17.2 Å². The summed E-state index contributed by atoms with van der Waals surface area (Å²) in [6.45, 7) is 6.94. The standard InChI is InChI=1S/C12H17ClN2/c1-3-6-15-12(8-14)10-5-4-9(2)11(13)7-10/h3-5,7,12,15H,1,6,8,14H2,2H3. The maximum Gasteiger partial charge on any atom is 0.0447 e. The molecule has 0 amide bonds. The molecule has 0 bridgehead atoms. The summed E-state index contributed by atoms with van der Waals surface area (Å²) in [7, 11) is 0. The molecule has 0 aliphatic heterocycles. The maximum atomic E-state index is 6.06. The van der Waals surface area contributed by atoms with Crippen molar-refractivity contribution in [2.24, 2.45) is 5.73 Å². The van der Waals surface area contributed by atoms with Crippen LogP contribution in [0.25, 0.3) is 0 Å². The second-order valence-electron chi connectivity index (χ2n) is 3.49. The summed E-state index contributed by atoms with van der Waals surface area (Å²) in [6, 6.07) is 6.16. The van der Waals surface area contributed by atoms with Crippen LogP contribution in [0.2, 0.25) is 5.02 Å². The van der Waals surface area contributed by atoms with E-state index >= 15 is 0 Å². The number of hydrogen-bond donors (Lipinski definition) is 2. The molecule has 0 aliphatic carbocycles. The van der Waals surface area contributed by atoms with E-state index in [1.165, 1.54) is 0 Å². The first-order chi connectivity index (χ1) is 7.19. The predicted molar refractivity (Wildman–Crippen MR) is 66.2 cm³/mol.